The lowest BCUT2D eigenvalue weighted by Crippen LogP contribution is -2.35. The minimum atomic E-state index is -4.48. The van der Waals surface area contributed by atoms with Gasteiger partial charge < -0.3 is 14.5 Å². The first kappa shape index (κ1) is 18.6. The van der Waals surface area contributed by atoms with Crippen LogP contribution >= 0.6 is 0 Å². The molecule has 0 spiro atoms. The van der Waals surface area contributed by atoms with Gasteiger partial charge >= 0.3 is 12.1 Å². The number of amides is 1. The van der Waals surface area contributed by atoms with Crippen LogP contribution in [-0.4, -0.2) is 24.5 Å². The Labute approximate surface area is 141 Å². The summed E-state index contributed by atoms with van der Waals surface area (Å²) in [5.74, 6) is -1.45. The smallest absolute Gasteiger partial charge is 0.416 e. The first-order valence-electron chi connectivity index (χ1n) is 7.48. The van der Waals surface area contributed by atoms with Gasteiger partial charge in [0.1, 0.15) is 5.76 Å². The molecule has 8 heteroatoms. The highest BCUT2D eigenvalue weighted by Gasteiger charge is 2.30. The normalized spacial score (nSPS) is 12.5. The number of carbonyl (C=O) groups excluding carboxylic acids is 2. The van der Waals surface area contributed by atoms with Crippen LogP contribution in [0.4, 0.5) is 13.2 Å². The summed E-state index contributed by atoms with van der Waals surface area (Å²) in [6.45, 7) is 3.51. The largest absolute Gasteiger partial charge is 0.449 e. The average molecular weight is 355 g/mol. The van der Waals surface area contributed by atoms with E-state index in [1.807, 2.05) is 0 Å². The van der Waals surface area contributed by atoms with Gasteiger partial charge in [0.15, 0.2) is 6.10 Å². The van der Waals surface area contributed by atoms with Gasteiger partial charge in [-0.3, -0.25) is 4.79 Å². The molecular formula is C17H16F3NO4. The fourth-order valence-corrected chi connectivity index (χ4v) is 2.04. The maximum atomic E-state index is 12.8. The molecule has 1 amide bonds. The highest BCUT2D eigenvalue weighted by Crippen LogP contribution is 2.32. The minimum Gasteiger partial charge on any atom is -0.449 e. The lowest BCUT2D eigenvalue weighted by atomic mass is 10.1. The number of alkyl halides is 3. The van der Waals surface area contributed by atoms with Crippen LogP contribution in [0.3, 0.4) is 0 Å². The van der Waals surface area contributed by atoms with Gasteiger partial charge in [0.05, 0.1) is 5.56 Å². The lowest BCUT2D eigenvalue weighted by molar-refractivity contribution is -0.137. The van der Waals surface area contributed by atoms with Gasteiger partial charge in [-0.25, -0.2) is 4.79 Å². The van der Waals surface area contributed by atoms with E-state index in [4.69, 9.17) is 9.15 Å². The van der Waals surface area contributed by atoms with E-state index in [9.17, 15) is 22.8 Å². The zero-order valence-corrected chi connectivity index (χ0v) is 13.5. The van der Waals surface area contributed by atoms with Crippen molar-refractivity contribution in [3.8, 4) is 11.3 Å². The summed E-state index contributed by atoms with van der Waals surface area (Å²) in [4.78, 5) is 23.5. The number of halogens is 3. The van der Waals surface area contributed by atoms with Crippen molar-refractivity contribution in [3.63, 3.8) is 0 Å². The fraction of sp³-hybridized carbons (Fsp3) is 0.294. The van der Waals surface area contributed by atoms with E-state index in [0.29, 0.717) is 6.54 Å². The van der Waals surface area contributed by atoms with Crippen molar-refractivity contribution in [2.45, 2.75) is 26.1 Å². The van der Waals surface area contributed by atoms with Crippen molar-refractivity contribution in [2.24, 2.45) is 0 Å². The number of ether oxygens (including phenoxy) is 1. The number of furan rings is 1. The van der Waals surface area contributed by atoms with E-state index in [0.717, 1.165) is 12.1 Å². The van der Waals surface area contributed by atoms with Crippen molar-refractivity contribution in [1.82, 2.24) is 5.32 Å². The van der Waals surface area contributed by atoms with Gasteiger partial charge in [-0.1, -0.05) is 12.1 Å². The fourth-order valence-electron chi connectivity index (χ4n) is 2.04. The SMILES string of the molecule is CCNC(=O)[C@H](C)OC(=O)c1ccc(-c2cccc(C(F)(F)F)c2)o1. The molecule has 0 aliphatic carbocycles. The van der Waals surface area contributed by atoms with Gasteiger partial charge in [0, 0.05) is 12.1 Å². The summed E-state index contributed by atoms with van der Waals surface area (Å²) >= 11 is 0. The molecule has 0 bridgehead atoms. The second-order valence-electron chi connectivity index (χ2n) is 5.18. The van der Waals surface area contributed by atoms with Gasteiger partial charge in [-0.05, 0) is 38.1 Å². The van der Waals surface area contributed by atoms with Crippen molar-refractivity contribution in [1.29, 1.82) is 0 Å². The Kier molecular flexibility index (Phi) is 5.51. The Morgan fingerprint density at radius 3 is 2.60 bits per heavy atom. The van der Waals surface area contributed by atoms with E-state index in [2.05, 4.69) is 5.32 Å². The maximum absolute atomic E-state index is 12.8. The molecule has 0 fully saturated rings. The number of hydrogen-bond acceptors (Lipinski definition) is 4. The van der Waals surface area contributed by atoms with Gasteiger partial charge in [-0.15, -0.1) is 0 Å². The highest BCUT2D eigenvalue weighted by atomic mass is 19.4. The second kappa shape index (κ2) is 7.42. The quantitative estimate of drug-likeness (QED) is 0.832. The number of likely N-dealkylation sites (N-methyl/N-ethyl adjacent to an activating group) is 1. The molecule has 0 saturated heterocycles. The van der Waals surface area contributed by atoms with Crippen molar-refractivity contribution >= 4 is 11.9 Å². The van der Waals surface area contributed by atoms with E-state index < -0.39 is 29.7 Å². The molecule has 5 nitrogen and oxygen atoms in total. The molecule has 0 unspecified atom stereocenters. The predicted octanol–water partition coefficient (Wildman–Crippen LogP) is 3.65. The third kappa shape index (κ3) is 4.62. The third-order valence-electron chi connectivity index (χ3n) is 3.29. The van der Waals surface area contributed by atoms with Crippen LogP contribution in [0.2, 0.25) is 0 Å². The molecular weight excluding hydrogens is 339 g/mol. The molecule has 25 heavy (non-hydrogen) atoms. The zero-order chi connectivity index (χ0) is 18.6. The molecule has 2 rings (SSSR count). The molecule has 0 aliphatic rings. The molecule has 0 saturated carbocycles. The minimum absolute atomic E-state index is 0.0868. The number of rotatable bonds is 5. The summed E-state index contributed by atoms with van der Waals surface area (Å²) in [6.07, 6.45) is -5.50. The average Bonchev–Trinajstić information content (AvgIpc) is 3.04. The Balaban J connectivity index is 2.15. The number of esters is 1. The number of benzene rings is 1. The van der Waals surface area contributed by atoms with Crippen LogP contribution in [0.1, 0.15) is 30.0 Å². The van der Waals surface area contributed by atoms with E-state index >= 15 is 0 Å². The van der Waals surface area contributed by atoms with Crippen molar-refractivity contribution < 1.29 is 31.9 Å². The lowest BCUT2D eigenvalue weighted by Gasteiger charge is -2.11. The van der Waals surface area contributed by atoms with E-state index in [1.54, 1.807) is 6.92 Å². The monoisotopic (exact) mass is 355 g/mol. The Hall–Kier alpha value is -2.77. The third-order valence-corrected chi connectivity index (χ3v) is 3.29. The van der Waals surface area contributed by atoms with Crippen LogP contribution in [0.15, 0.2) is 40.8 Å². The Morgan fingerprint density at radius 2 is 1.96 bits per heavy atom. The van der Waals surface area contributed by atoms with E-state index in [1.165, 1.54) is 31.2 Å². The molecule has 1 heterocycles. The van der Waals surface area contributed by atoms with Gasteiger partial charge in [0.25, 0.3) is 5.91 Å². The Morgan fingerprint density at radius 1 is 1.24 bits per heavy atom. The molecule has 134 valence electrons. The molecule has 1 aromatic carbocycles. The van der Waals surface area contributed by atoms with Crippen molar-refractivity contribution in [3.05, 3.63) is 47.7 Å². The van der Waals surface area contributed by atoms with Crippen LogP contribution in [0.5, 0.6) is 0 Å². The molecule has 1 aromatic heterocycles. The first-order chi connectivity index (χ1) is 11.7. The summed E-state index contributed by atoms with van der Waals surface area (Å²) in [5, 5.41) is 2.50. The van der Waals surface area contributed by atoms with E-state index in [-0.39, 0.29) is 17.1 Å². The van der Waals surface area contributed by atoms with Crippen LogP contribution < -0.4 is 5.32 Å². The van der Waals surface area contributed by atoms with Gasteiger partial charge in [-0.2, -0.15) is 13.2 Å². The summed E-state index contributed by atoms with van der Waals surface area (Å²) in [6, 6.07) is 7.18. The summed E-state index contributed by atoms with van der Waals surface area (Å²) in [5.41, 5.74) is -0.652. The first-order valence-corrected chi connectivity index (χ1v) is 7.48. The standard InChI is InChI=1S/C17H16F3NO4/c1-3-21-15(22)10(2)24-16(23)14-8-7-13(25-14)11-5-4-6-12(9-11)17(18,19)20/h4-10H,3H2,1-2H3,(H,21,22)/t10-/m0/s1. The predicted molar refractivity (Wildman–Crippen MR) is 82.7 cm³/mol. The highest BCUT2D eigenvalue weighted by molar-refractivity contribution is 5.90. The second-order valence-corrected chi connectivity index (χ2v) is 5.18. The molecule has 1 N–H and O–H groups in total. The van der Waals surface area contributed by atoms with Crippen LogP contribution in [0, 0.1) is 0 Å². The molecule has 2 aromatic rings. The topological polar surface area (TPSA) is 68.5 Å². The van der Waals surface area contributed by atoms with Crippen LogP contribution in [0.25, 0.3) is 11.3 Å². The summed E-state index contributed by atoms with van der Waals surface area (Å²) < 4.78 is 48.5. The molecule has 0 radical (unpaired) electrons. The van der Waals surface area contributed by atoms with Crippen LogP contribution in [-0.2, 0) is 15.7 Å². The Bertz CT molecular complexity index is 767. The van der Waals surface area contributed by atoms with Gasteiger partial charge in [0.2, 0.25) is 5.76 Å². The number of carbonyl (C=O) groups is 2. The van der Waals surface area contributed by atoms with Crippen molar-refractivity contribution in [2.75, 3.05) is 6.54 Å². The molecule has 0 aliphatic heterocycles. The summed E-state index contributed by atoms with van der Waals surface area (Å²) in [7, 11) is 0. The zero-order valence-electron chi connectivity index (χ0n) is 13.5. The number of nitrogens with one attached hydrogen (secondary N) is 1. The number of hydrogen-bond donors (Lipinski definition) is 1. The molecule has 1 atom stereocenters. The maximum Gasteiger partial charge on any atom is 0.416 e.